The smallest absolute Gasteiger partial charge is 0.338 e. The second-order valence-electron chi connectivity index (χ2n) is 3.06. The summed E-state index contributed by atoms with van der Waals surface area (Å²) >= 11 is 0. The Morgan fingerprint density at radius 1 is 1.29 bits per heavy atom. The predicted molar refractivity (Wildman–Crippen MR) is 62.7 cm³/mol. The van der Waals surface area contributed by atoms with Crippen LogP contribution in [-0.4, -0.2) is 33.5 Å². The lowest BCUT2D eigenvalue weighted by atomic mass is 10.1. The van der Waals surface area contributed by atoms with Gasteiger partial charge in [0.1, 0.15) is 11.5 Å². The molecule has 1 aromatic rings. The molecule has 0 amide bonds. The third kappa shape index (κ3) is 2.66. The fraction of sp³-hybridized carbons (Fsp3) is 0.273. The minimum atomic E-state index is -0.517. The lowest BCUT2D eigenvalue weighted by molar-refractivity contribution is 0.0600. The van der Waals surface area contributed by atoms with Crippen LogP contribution in [0.3, 0.4) is 0 Å². The molecule has 0 saturated carbocycles. The van der Waals surface area contributed by atoms with Gasteiger partial charge in [-0.15, -0.1) is 0 Å². The Labute approximate surface area is 99.0 Å². The zero-order valence-electron chi connectivity index (χ0n) is 9.89. The first kappa shape index (κ1) is 12.8. The highest BCUT2D eigenvalue weighted by Gasteiger charge is 2.17. The molecule has 0 aliphatic heterocycles. The van der Waals surface area contributed by atoms with Crippen LogP contribution in [0.15, 0.2) is 17.2 Å². The molecule has 0 saturated heterocycles. The molecule has 0 aliphatic carbocycles. The van der Waals surface area contributed by atoms with Crippen molar-refractivity contribution in [3.8, 4) is 11.5 Å². The fourth-order valence-electron chi connectivity index (χ4n) is 1.37. The number of methoxy groups -OCH3 is 3. The van der Waals surface area contributed by atoms with Gasteiger partial charge in [-0.3, -0.25) is 0 Å². The van der Waals surface area contributed by atoms with E-state index in [1.165, 1.54) is 33.6 Å². The molecule has 0 heterocycles. The van der Waals surface area contributed by atoms with Gasteiger partial charge < -0.3 is 20.1 Å². The van der Waals surface area contributed by atoms with Crippen LogP contribution in [0.1, 0.15) is 15.9 Å². The van der Waals surface area contributed by atoms with E-state index in [1.54, 1.807) is 6.07 Å². The topological polar surface area (TPSA) is 83.1 Å². The number of hydrogen-bond acceptors (Lipinski definition) is 6. The molecule has 2 N–H and O–H groups in total. The van der Waals surface area contributed by atoms with E-state index in [4.69, 9.17) is 15.3 Å². The van der Waals surface area contributed by atoms with Gasteiger partial charge in [-0.1, -0.05) is 0 Å². The molecule has 0 unspecified atom stereocenters. The van der Waals surface area contributed by atoms with Crippen molar-refractivity contribution in [3.05, 3.63) is 23.3 Å². The molecular formula is C11H14N2O4. The van der Waals surface area contributed by atoms with Crippen molar-refractivity contribution in [1.29, 1.82) is 0 Å². The largest absolute Gasteiger partial charge is 0.497 e. The zero-order chi connectivity index (χ0) is 12.8. The Bertz CT molecular complexity index is 443. The van der Waals surface area contributed by atoms with Crippen molar-refractivity contribution < 1.29 is 19.0 Å². The van der Waals surface area contributed by atoms with Crippen molar-refractivity contribution in [2.24, 2.45) is 10.9 Å². The van der Waals surface area contributed by atoms with Crippen LogP contribution in [-0.2, 0) is 4.74 Å². The second kappa shape index (κ2) is 5.74. The normalized spacial score (nSPS) is 10.3. The first-order valence-corrected chi connectivity index (χ1v) is 4.75. The lowest BCUT2D eigenvalue weighted by Gasteiger charge is -2.11. The maximum atomic E-state index is 11.6. The van der Waals surface area contributed by atoms with Crippen molar-refractivity contribution in [2.45, 2.75) is 0 Å². The quantitative estimate of drug-likeness (QED) is 0.363. The number of nitrogens with zero attached hydrogens (tertiary/aromatic N) is 1. The van der Waals surface area contributed by atoms with Crippen molar-refractivity contribution in [1.82, 2.24) is 0 Å². The van der Waals surface area contributed by atoms with Crippen LogP contribution in [0.2, 0.25) is 0 Å². The van der Waals surface area contributed by atoms with E-state index in [1.807, 2.05) is 0 Å². The summed E-state index contributed by atoms with van der Waals surface area (Å²) in [6, 6.07) is 3.16. The van der Waals surface area contributed by atoms with Gasteiger partial charge in [0, 0.05) is 6.07 Å². The van der Waals surface area contributed by atoms with Gasteiger partial charge >= 0.3 is 5.97 Å². The average Bonchev–Trinajstić information content (AvgIpc) is 2.38. The predicted octanol–water partition coefficient (Wildman–Crippen LogP) is 0.783. The first-order chi connectivity index (χ1) is 8.17. The molecule has 6 heteroatoms. The van der Waals surface area contributed by atoms with E-state index in [2.05, 4.69) is 9.84 Å². The molecule has 0 spiro atoms. The molecular weight excluding hydrogens is 224 g/mol. The summed E-state index contributed by atoms with van der Waals surface area (Å²) in [6.07, 6.45) is 1.32. The molecule has 0 fully saturated rings. The molecule has 1 aromatic carbocycles. The van der Waals surface area contributed by atoms with Gasteiger partial charge in [-0.2, -0.15) is 5.10 Å². The van der Waals surface area contributed by atoms with Crippen molar-refractivity contribution in [2.75, 3.05) is 21.3 Å². The van der Waals surface area contributed by atoms with Crippen LogP contribution < -0.4 is 15.3 Å². The molecule has 0 aromatic heterocycles. The third-order valence-electron chi connectivity index (χ3n) is 2.18. The number of nitrogens with two attached hydrogens (primary N) is 1. The molecule has 92 valence electrons. The number of hydrogen-bond donors (Lipinski definition) is 1. The SMILES string of the molecule is COC(=O)c1cc(OC)cc(OC)c1C=NN. The van der Waals surface area contributed by atoms with Crippen molar-refractivity contribution in [3.63, 3.8) is 0 Å². The third-order valence-corrected chi connectivity index (χ3v) is 2.18. The summed E-state index contributed by atoms with van der Waals surface area (Å²) in [7, 11) is 4.26. The summed E-state index contributed by atoms with van der Waals surface area (Å²) in [5, 5.41) is 3.39. The van der Waals surface area contributed by atoms with Gasteiger partial charge in [0.05, 0.1) is 38.7 Å². The van der Waals surface area contributed by atoms with E-state index in [0.29, 0.717) is 17.1 Å². The molecule has 0 bridgehead atoms. The molecule has 0 aliphatic rings. The summed E-state index contributed by atoms with van der Waals surface area (Å²) in [5.74, 6) is 5.49. The summed E-state index contributed by atoms with van der Waals surface area (Å²) in [4.78, 5) is 11.6. The van der Waals surface area contributed by atoms with Crippen LogP contribution in [0.5, 0.6) is 11.5 Å². The number of ether oxygens (including phenoxy) is 3. The number of hydrazone groups is 1. The van der Waals surface area contributed by atoms with Crippen LogP contribution >= 0.6 is 0 Å². The highest BCUT2D eigenvalue weighted by Crippen LogP contribution is 2.28. The summed E-state index contributed by atoms with van der Waals surface area (Å²) in [6.45, 7) is 0. The zero-order valence-corrected chi connectivity index (χ0v) is 9.89. The highest BCUT2D eigenvalue weighted by molar-refractivity contribution is 6.01. The monoisotopic (exact) mass is 238 g/mol. The Kier molecular flexibility index (Phi) is 4.33. The molecule has 6 nitrogen and oxygen atoms in total. The maximum Gasteiger partial charge on any atom is 0.338 e. The maximum absolute atomic E-state index is 11.6. The minimum Gasteiger partial charge on any atom is -0.497 e. The summed E-state index contributed by atoms with van der Waals surface area (Å²) < 4.78 is 14.9. The van der Waals surface area contributed by atoms with E-state index in [-0.39, 0.29) is 5.56 Å². The van der Waals surface area contributed by atoms with E-state index in [0.717, 1.165) is 0 Å². The number of carbonyl (C=O) groups excluding carboxylic acids is 1. The first-order valence-electron chi connectivity index (χ1n) is 4.75. The van der Waals surface area contributed by atoms with Gasteiger partial charge in [0.2, 0.25) is 0 Å². The Hall–Kier alpha value is -2.24. The van der Waals surface area contributed by atoms with Crippen LogP contribution in [0, 0.1) is 0 Å². The number of benzene rings is 1. The van der Waals surface area contributed by atoms with Crippen LogP contribution in [0.4, 0.5) is 0 Å². The van der Waals surface area contributed by atoms with Gasteiger partial charge in [0.15, 0.2) is 0 Å². The Morgan fingerprint density at radius 2 is 2.00 bits per heavy atom. The number of rotatable bonds is 4. The highest BCUT2D eigenvalue weighted by atomic mass is 16.5. The minimum absolute atomic E-state index is 0.276. The van der Waals surface area contributed by atoms with E-state index >= 15 is 0 Å². The Morgan fingerprint density at radius 3 is 2.47 bits per heavy atom. The second-order valence-corrected chi connectivity index (χ2v) is 3.06. The molecule has 0 atom stereocenters. The van der Waals surface area contributed by atoms with E-state index < -0.39 is 5.97 Å². The number of esters is 1. The van der Waals surface area contributed by atoms with Gasteiger partial charge in [-0.25, -0.2) is 4.79 Å². The van der Waals surface area contributed by atoms with Crippen molar-refractivity contribution >= 4 is 12.2 Å². The number of carbonyl (C=O) groups is 1. The van der Waals surface area contributed by atoms with Crippen LogP contribution in [0.25, 0.3) is 0 Å². The van der Waals surface area contributed by atoms with E-state index in [9.17, 15) is 4.79 Å². The summed E-state index contributed by atoms with van der Waals surface area (Å²) in [5.41, 5.74) is 0.723. The standard InChI is InChI=1S/C11H14N2O4/c1-15-7-4-8(11(14)17-3)9(6-13-12)10(5-7)16-2/h4-6H,12H2,1-3H3. The molecule has 0 radical (unpaired) electrons. The lowest BCUT2D eigenvalue weighted by Crippen LogP contribution is -2.08. The average molecular weight is 238 g/mol. The Balaban J connectivity index is 3.45. The fourth-order valence-corrected chi connectivity index (χ4v) is 1.37. The molecule has 17 heavy (non-hydrogen) atoms. The van der Waals surface area contributed by atoms with Gasteiger partial charge in [0.25, 0.3) is 0 Å². The molecule has 1 rings (SSSR count). The van der Waals surface area contributed by atoms with Gasteiger partial charge in [-0.05, 0) is 6.07 Å².